The Labute approximate surface area is 94.6 Å². The van der Waals surface area contributed by atoms with Gasteiger partial charge >= 0.3 is 0 Å². The lowest BCUT2D eigenvalue weighted by molar-refractivity contribution is 0.188. The molecule has 0 spiro atoms. The molecule has 2 unspecified atom stereocenters. The average Bonchev–Trinajstić information content (AvgIpc) is 2.65. The molecule has 82 valence electrons. The summed E-state index contributed by atoms with van der Waals surface area (Å²) in [6.45, 7) is 0. The van der Waals surface area contributed by atoms with Crippen molar-refractivity contribution in [2.45, 2.75) is 35.5 Å². The topological polar surface area (TPSA) is 29.5 Å². The summed E-state index contributed by atoms with van der Waals surface area (Å²) in [6, 6.07) is 7.98. The number of hydrogen-bond donors (Lipinski definition) is 1. The van der Waals surface area contributed by atoms with E-state index in [9.17, 15) is 5.11 Å². The van der Waals surface area contributed by atoms with Gasteiger partial charge in [0.15, 0.2) is 0 Å². The van der Waals surface area contributed by atoms with Crippen LogP contribution in [0.3, 0.4) is 0 Å². The predicted molar refractivity (Wildman–Crippen MR) is 62.5 cm³/mol. The Morgan fingerprint density at radius 3 is 2.80 bits per heavy atom. The van der Waals surface area contributed by atoms with E-state index in [-0.39, 0.29) is 6.10 Å². The molecule has 1 aliphatic rings. The van der Waals surface area contributed by atoms with Crippen LogP contribution in [0, 0.1) is 0 Å². The van der Waals surface area contributed by atoms with Crippen LogP contribution in [0.25, 0.3) is 0 Å². The molecule has 1 fully saturated rings. The lowest BCUT2D eigenvalue weighted by atomic mass is 10.3. The fraction of sp³-hybridized carbons (Fsp3) is 0.500. The minimum Gasteiger partial charge on any atom is -0.496 e. The zero-order valence-corrected chi connectivity index (χ0v) is 9.67. The predicted octanol–water partition coefficient (Wildman–Crippen LogP) is 2.70. The van der Waals surface area contributed by atoms with E-state index in [0.717, 1.165) is 29.9 Å². The fourth-order valence-corrected chi connectivity index (χ4v) is 3.25. The Hall–Kier alpha value is -0.670. The van der Waals surface area contributed by atoms with Crippen LogP contribution in [-0.4, -0.2) is 23.6 Å². The second-order valence-electron chi connectivity index (χ2n) is 3.81. The van der Waals surface area contributed by atoms with E-state index in [1.807, 2.05) is 18.2 Å². The van der Waals surface area contributed by atoms with E-state index in [0.29, 0.717) is 5.25 Å². The molecule has 1 N–H and O–H groups in total. The molecule has 0 bridgehead atoms. The Balaban J connectivity index is 2.09. The van der Waals surface area contributed by atoms with Crippen LogP contribution < -0.4 is 4.74 Å². The van der Waals surface area contributed by atoms with Gasteiger partial charge in [-0.15, -0.1) is 11.8 Å². The molecule has 15 heavy (non-hydrogen) atoms. The smallest absolute Gasteiger partial charge is 0.132 e. The molecule has 2 atom stereocenters. The first-order valence-corrected chi connectivity index (χ1v) is 6.17. The zero-order chi connectivity index (χ0) is 10.7. The quantitative estimate of drug-likeness (QED) is 0.856. The van der Waals surface area contributed by atoms with Gasteiger partial charge in [0, 0.05) is 10.1 Å². The first-order valence-electron chi connectivity index (χ1n) is 5.29. The van der Waals surface area contributed by atoms with E-state index < -0.39 is 0 Å². The van der Waals surface area contributed by atoms with Crippen LogP contribution in [0.15, 0.2) is 29.2 Å². The van der Waals surface area contributed by atoms with Crippen molar-refractivity contribution in [3.05, 3.63) is 24.3 Å². The number of thioether (sulfide) groups is 1. The summed E-state index contributed by atoms with van der Waals surface area (Å²) < 4.78 is 5.29. The van der Waals surface area contributed by atoms with Gasteiger partial charge in [-0.1, -0.05) is 12.1 Å². The van der Waals surface area contributed by atoms with Crippen molar-refractivity contribution in [1.82, 2.24) is 0 Å². The van der Waals surface area contributed by atoms with Crippen molar-refractivity contribution in [3.8, 4) is 5.75 Å². The third-order valence-electron chi connectivity index (χ3n) is 2.77. The first-order chi connectivity index (χ1) is 7.31. The van der Waals surface area contributed by atoms with E-state index in [4.69, 9.17) is 4.74 Å². The van der Waals surface area contributed by atoms with Crippen molar-refractivity contribution >= 4 is 11.8 Å². The minimum absolute atomic E-state index is 0.153. The standard InChI is InChI=1S/C12H16O2S/c1-14-10-6-2-3-7-12(10)15-11-8-4-5-9(11)13/h2-3,6-7,9,11,13H,4-5,8H2,1H3. The van der Waals surface area contributed by atoms with Gasteiger partial charge in [-0.25, -0.2) is 0 Å². The van der Waals surface area contributed by atoms with Crippen molar-refractivity contribution < 1.29 is 9.84 Å². The van der Waals surface area contributed by atoms with Crippen LogP contribution in [0.4, 0.5) is 0 Å². The zero-order valence-electron chi connectivity index (χ0n) is 8.85. The molecule has 2 rings (SSSR count). The molecular weight excluding hydrogens is 208 g/mol. The molecule has 0 heterocycles. The molecule has 0 aliphatic heterocycles. The number of ether oxygens (including phenoxy) is 1. The SMILES string of the molecule is COc1ccccc1SC1CCCC1O. The van der Waals surface area contributed by atoms with Crippen molar-refractivity contribution in [3.63, 3.8) is 0 Å². The first kappa shape index (κ1) is 10.8. The molecule has 1 aromatic carbocycles. The maximum Gasteiger partial charge on any atom is 0.132 e. The number of para-hydroxylation sites is 1. The van der Waals surface area contributed by atoms with Crippen molar-refractivity contribution in [1.29, 1.82) is 0 Å². The Morgan fingerprint density at radius 2 is 2.13 bits per heavy atom. The monoisotopic (exact) mass is 224 g/mol. The van der Waals surface area contributed by atoms with Gasteiger partial charge in [-0.2, -0.15) is 0 Å². The van der Waals surface area contributed by atoms with Gasteiger partial charge in [0.1, 0.15) is 5.75 Å². The van der Waals surface area contributed by atoms with E-state index in [1.165, 1.54) is 0 Å². The lowest BCUT2D eigenvalue weighted by Gasteiger charge is -2.15. The summed E-state index contributed by atoms with van der Waals surface area (Å²) in [5, 5.41) is 10.1. The Bertz CT molecular complexity index is 327. The van der Waals surface area contributed by atoms with Gasteiger partial charge < -0.3 is 9.84 Å². The number of benzene rings is 1. The van der Waals surface area contributed by atoms with Gasteiger partial charge in [0.25, 0.3) is 0 Å². The van der Waals surface area contributed by atoms with Gasteiger partial charge in [-0.3, -0.25) is 0 Å². The summed E-state index contributed by atoms with van der Waals surface area (Å²) in [5.74, 6) is 0.904. The molecule has 1 saturated carbocycles. The van der Waals surface area contributed by atoms with Crippen LogP contribution in [-0.2, 0) is 0 Å². The summed E-state index contributed by atoms with van der Waals surface area (Å²) in [5.41, 5.74) is 0. The van der Waals surface area contributed by atoms with Crippen LogP contribution in [0.5, 0.6) is 5.75 Å². The number of hydrogen-bond acceptors (Lipinski definition) is 3. The third-order valence-corrected chi connectivity index (χ3v) is 4.21. The fourth-order valence-electron chi connectivity index (χ4n) is 1.92. The van der Waals surface area contributed by atoms with Crippen LogP contribution >= 0.6 is 11.8 Å². The summed E-state index contributed by atoms with van der Waals surface area (Å²) in [7, 11) is 1.68. The van der Waals surface area contributed by atoms with Gasteiger partial charge in [0.05, 0.1) is 13.2 Å². The maximum atomic E-state index is 9.75. The van der Waals surface area contributed by atoms with Gasteiger partial charge in [-0.05, 0) is 31.4 Å². The lowest BCUT2D eigenvalue weighted by Crippen LogP contribution is -2.14. The molecule has 0 aromatic heterocycles. The van der Waals surface area contributed by atoms with Crippen molar-refractivity contribution in [2.24, 2.45) is 0 Å². The summed E-state index contributed by atoms with van der Waals surface area (Å²) in [4.78, 5) is 1.13. The minimum atomic E-state index is -0.153. The Kier molecular flexibility index (Phi) is 3.54. The molecular formula is C12H16O2S. The summed E-state index contributed by atoms with van der Waals surface area (Å²) >= 11 is 1.74. The van der Waals surface area contributed by atoms with E-state index >= 15 is 0 Å². The number of methoxy groups -OCH3 is 1. The average molecular weight is 224 g/mol. The van der Waals surface area contributed by atoms with E-state index in [2.05, 4.69) is 6.07 Å². The molecule has 1 aromatic rings. The highest BCUT2D eigenvalue weighted by molar-refractivity contribution is 8.00. The normalized spacial score (nSPS) is 25.5. The largest absolute Gasteiger partial charge is 0.496 e. The number of aliphatic hydroxyl groups excluding tert-OH is 1. The second-order valence-corrected chi connectivity index (χ2v) is 5.09. The number of rotatable bonds is 3. The maximum absolute atomic E-state index is 9.75. The molecule has 3 heteroatoms. The van der Waals surface area contributed by atoms with E-state index in [1.54, 1.807) is 18.9 Å². The summed E-state index contributed by atoms with van der Waals surface area (Å²) in [6.07, 6.45) is 3.02. The molecule has 0 amide bonds. The van der Waals surface area contributed by atoms with Crippen molar-refractivity contribution in [2.75, 3.05) is 7.11 Å². The van der Waals surface area contributed by atoms with Crippen LogP contribution in [0.1, 0.15) is 19.3 Å². The highest BCUT2D eigenvalue weighted by Crippen LogP contribution is 2.38. The molecule has 0 saturated heterocycles. The molecule has 2 nitrogen and oxygen atoms in total. The Morgan fingerprint density at radius 1 is 1.33 bits per heavy atom. The highest BCUT2D eigenvalue weighted by atomic mass is 32.2. The number of aliphatic hydroxyl groups is 1. The second kappa shape index (κ2) is 4.90. The highest BCUT2D eigenvalue weighted by Gasteiger charge is 2.26. The third kappa shape index (κ3) is 2.47. The van der Waals surface area contributed by atoms with Crippen LogP contribution in [0.2, 0.25) is 0 Å². The molecule has 1 aliphatic carbocycles. The molecule has 0 radical (unpaired) electrons. The van der Waals surface area contributed by atoms with Gasteiger partial charge in [0.2, 0.25) is 0 Å².